The third kappa shape index (κ3) is 2.80. The minimum absolute atomic E-state index is 0.105. The maximum atomic E-state index is 12.7. The second kappa shape index (κ2) is 6.43. The van der Waals surface area contributed by atoms with E-state index in [4.69, 9.17) is 32.7 Å². The summed E-state index contributed by atoms with van der Waals surface area (Å²) in [5.74, 6) is -1.15. The molecule has 0 unspecified atom stereocenters. The molecular weight excluding hydrogens is 403 g/mol. The molecule has 0 saturated heterocycles. The lowest BCUT2D eigenvalue weighted by molar-refractivity contribution is -0.149. The van der Waals surface area contributed by atoms with Crippen LogP contribution in [0.2, 0.25) is 10.0 Å². The van der Waals surface area contributed by atoms with Crippen LogP contribution in [-0.2, 0) is 19.1 Å². The molecule has 0 spiro atoms. The molecule has 0 saturated carbocycles. The SMILES string of the molecule is C[C@]1([C@]2(C)N=C(c3ccc(Cl)cc3)OC2=O)N=C(c2ccc(Cl)cc2)OC1=O. The number of benzene rings is 2. The van der Waals surface area contributed by atoms with Gasteiger partial charge in [0.2, 0.25) is 11.8 Å². The van der Waals surface area contributed by atoms with Gasteiger partial charge < -0.3 is 9.47 Å². The molecule has 142 valence electrons. The number of halogens is 2. The van der Waals surface area contributed by atoms with E-state index in [1.807, 2.05) is 0 Å². The minimum Gasteiger partial charge on any atom is -0.405 e. The van der Waals surface area contributed by atoms with E-state index in [1.54, 1.807) is 48.5 Å². The molecule has 0 aliphatic carbocycles. The molecular formula is C20H14Cl2N2O4. The van der Waals surface area contributed by atoms with Crippen LogP contribution >= 0.6 is 23.2 Å². The van der Waals surface area contributed by atoms with Crippen molar-refractivity contribution in [2.45, 2.75) is 24.9 Å². The van der Waals surface area contributed by atoms with Crippen molar-refractivity contribution in [3.05, 3.63) is 69.7 Å². The van der Waals surface area contributed by atoms with Gasteiger partial charge in [-0.1, -0.05) is 23.2 Å². The van der Waals surface area contributed by atoms with Crippen LogP contribution in [-0.4, -0.2) is 34.8 Å². The second-order valence-corrected chi connectivity index (χ2v) is 7.64. The lowest BCUT2D eigenvalue weighted by atomic mass is 9.81. The zero-order chi connectivity index (χ0) is 20.1. The summed E-state index contributed by atoms with van der Waals surface area (Å²) in [7, 11) is 0. The van der Waals surface area contributed by atoms with Gasteiger partial charge in [-0.2, -0.15) is 0 Å². The highest BCUT2D eigenvalue weighted by molar-refractivity contribution is 6.31. The Morgan fingerprint density at radius 3 is 1.32 bits per heavy atom. The van der Waals surface area contributed by atoms with Crippen molar-refractivity contribution in [1.82, 2.24) is 0 Å². The molecule has 2 heterocycles. The van der Waals surface area contributed by atoms with Crippen molar-refractivity contribution in [3.63, 3.8) is 0 Å². The Labute approximate surface area is 170 Å². The highest BCUT2D eigenvalue weighted by atomic mass is 35.5. The summed E-state index contributed by atoms with van der Waals surface area (Å²) in [6.07, 6.45) is 0. The lowest BCUT2D eigenvalue weighted by Gasteiger charge is -2.28. The Bertz CT molecular complexity index is 961. The van der Waals surface area contributed by atoms with Crippen molar-refractivity contribution < 1.29 is 19.1 Å². The summed E-state index contributed by atoms with van der Waals surface area (Å²) in [5.41, 5.74) is -2.02. The first-order valence-electron chi connectivity index (χ1n) is 8.39. The van der Waals surface area contributed by atoms with Crippen molar-refractivity contribution >= 4 is 46.9 Å². The third-order valence-corrected chi connectivity index (χ3v) is 5.46. The van der Waals surface area contributed by atoms with Gasteiger partial charge in [0.1, 0.15) is 0 Å². The number of hydrogen-bond acceptors (Lipinski definition) is 6. The van der Waals surface area contributed by atoms with Gasteiger partial charge in [-0.05, 0) is 62.4 Å². The quantitative estimate of drug-likeness (QED) is 0.712. The largest absolute Gasteiger partial charge is 0.405 e. The van der Waals surface area contributed by atoms with Crippen LogP contribution in [0.15, 0.2) is 58.5 Å². The topological polar surface area (TPSA) is 77.3 Å². The van der Waals surface area contributed by atoms with Gasteiger partial charge >= 0.3 is 11.9 Å². The summed E-state index contributed by atoms with van der Waals surface area (Å²) in [5, 5.41) is 1.08. The van der Waals surface area contributed by atoms with E-state index in [0.29, 0.717) is 21.2 Å². The number of rotatable bonds is 3. The van der Waals surface area contributed by atoms with E-state index >= 15 is 0 Å². The maximum absolute atomic E-state index is 12.7. The van der Waals surface area contributed by atoms with E-state index in [-0.39, 0.29) is 11.8 Å². The predicted molar refractivity (Wildman–Crippen MR) is 105 cm³/mol. The van der Waals surface area contributed by atoms with Crippen molar-refractivity contribution in [2.24, 2.45) is 9.98 Å². The zero-order valence-electron chi connectivity index (χ0n) is 14.9. The molecule has 0 aromatic heterocycles. The Kier molecular flexibility index (Phi) is 4.28. The predicted octanol–water partition coefficient (Wildman–Crippen LogP) is 3.82. The molecule has 0 amide bonds. The van der Waals surface area contributed by atoms with Crippen LogP contribution in [0.5, 0.6) is 0 Å². The number of carbonyl (C=O) groups excluding carboxylic acids is 2. The molecule has 8 heteroatoms. The molecule has 6 nitrogen and oxygen atoms in total. The average molecular weight is 417 g/mol. The monoisotopic (exact) mass is 416 g/mol. The van der Waals surface area contributed by atoms with Gasteiger partial charge in [-0.25, -0.2) is 19.6 Å². The third-order valence-electron chi connectivity index (χ3n) is 4.95. The minimum atomic E-state index is -1.58. The summed E-state index contributed by atoms with van der Waals surface area (Å²) in [6, 6.07) is 13.3. The number of carbonyl (C=O) groups is 2. The first kappa shape index (κ1) is 18.7. The van der Waals surface area contributed by atoms with Crippen LogP contribution in [0.4, 0.5) is 0 Å². The van der Waals surface area contributed by atoms with Crippen LogP contribution in [0.1, 0.15) is 25.0 Å². The fourth-order valence-corrected chi connectivity index (χ4v) is 3.22. The fourth-order valence-electron chi connectivity index (χ4n) is 2.96. The maximum Gasteiger partial charge on any atom is 0.343 e. The first-order valence-corrected chi connectivity index (χ1v) is 9.15. The fraction of sp³-hybridized carbons (Fsp3) is 0.200. The number of nitrogens with zero attached hydrogens (tertiary/aromatic N) is 2. The normalized spacial score (nSPS) is 26.6. The van der Waals surface area contributed by atoms with Gasteiger partial charge in [0.05, 0.1) is 0 Å². The molecule has 0 bridgehead atoms. The Morgan fingerprint density at radius 1 is 0.679 bits per heavy atom. The van der Waals surface area contributed by atoms with Crippen LogP contribution in [0, 0.1) is 0 Å². The molecule has 28 heavy (non-hydrogen) atoms. The number of ether oxygens (including phenoxy) is 2. The second-order valence-electron chi connectivity index (χ2n) is 6.77. The van der Waals surface area contributed by atoms with E-state index in [9.17, 15) is 9.59 Å². The molecule has 2 aromatic carbocycles. The Morgan fingerprint density at radius 2 is 1.00 bits per heavy atom. The molecule has 2 aliphatic rings. The Hall–Kier alpha value is -2.70. The van der Waals surface area contributed by atoms with Gasteiger partial charge in [0.15, 0.2) is 11.1 Å². The van der Waals surface area contributed by atoms with Gasteiger partial charge in [-0.15, -0.1) is 0 Å². The molecule has 2 atom stereocenters. The lowest BCUT2D eigenvalue weighted by Crippen LogP contribution is -2.55. The van der Waals surface area contributed by atoms with E-state index in [0.717, 1.165) is 0 Å². The number of hydrogen-bond donors (Lipinski definition) is 0. The van der Waals surface area contributed by atoms with Gasteiger partial charge in [0, 0.05) is 21.2 Å². The highest BCUT2D eigenvalue weighted by Crippen LogP contribution is 2.40. The average Bonchev–Trinajstić information content (AvgIpc) is 3.15. The first-order chi connectivity index (χ1) is 13.2. The standard InChI is InChI=1S/C20H14Cl2N2O4/c1-19(17(25)27-15(23-19)11-3-7-13(21)8-4-11)20(2)18(26)28-16(24-20)12-5-9-14(22)10-6-12/h3-10H,1-2H3/t19-,20+. The van der Waals surface area contributed by atoms with E-state index in [2.05, 4.69) is 9.98 Å². The molecule has 0 N–H and O–H groups in total. The van der Waals surface area contributed by atoms with Gasteiger partial charge in [0.25, 0.3) is 0 Å². The molecule has 2 aromatic rings. The summed E-state index contributed by atoms with van der Waals surface area (Å²) in [6.45, 7) is 3.02. The van der Waals surface area contributed by atoms with Crippen molar-refractivity contribution in [2.75, 3.05) is 0 Å². The number of aliphatic imine (C=N–C) groups is 2. The van der Waals surface area contributed by atoms with Crippen molar-refractivity contribution in [1.29, 1.82) is 0 Å². The number of esters is 2. The van der Waals surface area contributed by atoms with Crippen LogP contribution < -0.4 is 0 Å². The Balaban J connectivity index is 1.75. The summed E-state index contributed by atoms with van der Waals surface area (Å²) in [4.78, 5) is 34.3. The van der Waals surface area contributed by atoms with E-state index in [1.165, 1.54) is 13.8 Å². The van der Waals surface area contributed by atoms with Gasteiger partial charge in [-0.3, -0.25) is 0 Å². The summed E-state index contributed by atoms with van der Waals surface area (Å²) >= 11 is 11.8. The van der Waals surface area contributed by atoms with Crippen LogP contribution in [0.3, 0.4) is 0 Å². The van der Waals surface area contributed by atoms with Crippen molar-refractivity contribution in [3.8, 4) is 0 Å². The smallest absolute Gasteiger partial charge is 0.343 e. The molecule has 4 rings (SSSR count). The zero-order valence-corrected chi connectivity index (χ0v) is 16.4. The number of cyclic esters (lactones) is 2. The highest BCUT2D eigenvalue weighted by Gasteiger charge is 2.63. The summed E-state index contributed by atoms with van der Waals surface area (Å²) < 4.78 is 10.7. The molecule has 0 radical (unpaired) electrons. The van der Waals surface area contributed by atoms with Crippen LogP contribution in [0.25, 0.3) is 0 Å². The molecule has 2 aliphatic heterocycles. The van der Waals surface area contributed by atoms with E-state index < -0.39 is 23.0 Å². The molecule has 0 fully saturated rings.